The van der Waals surface area contributed by atoms with Gasteiger partial charge in [-0.3, -0.25) is 0 Å². The zero-order valence-electron chi connectivity index (χ0n) is 9.27. The Morgan fingerprint density at radius 3 is 1.85 bits per heavy atom. The fourth-order valence-corrected chi connectivity index (χ4v) is 2.20. The van der Waals surface area contributed by atoms with Gasteiger partial charge in [0.25, 0.3) is 10.0 Å². The van der Waals surface area contributed by atoms with Crippen LogP contribution in [0.1, 0.15) is 6.92 Å². The Morgan fingerprint density at radius 2 is 1.55 bits per heavy atom. The van der Waals surface area contributed by atoms with E-state index in [1.165, 1.54) is 0 Å². The van der Waals surface area contributed by atoms with Crippen LogP contribution in [0.2, 0.25) is 0 Å². The third kappa shape index (κ3) is 3.51. The average molecular weight is 404 g/mol. The number of hydrogen-bond acceptors (Lipinski definition) is 3. The number of alkyl halides is 8. The minimum absolute atomic E-state index is 0.461. The van der Waals surface area contributed by atoms with E-state index in [-0.39, 0.29) is 0 Å². The fraction of sp³-hybridized carbons (Fsp3) is 1.00. The van der Waals surface area contributed by atoms with Gasteiger partial charge < -0.3 is 0 Å². The van der Waals surface area contributed by atoms with Crippen molar-refractivity contribution in [3.8, 4) is 0 Å². The van der Waals surface area contributed by atoms with Gasteiger partial charge in [-0.2, -0.15) is 26.3 Å². The summed E-state index contributed by atoms with van der Waals surface area (Å²) in [5.74, 6) is 0. The van der Waals surface area contributed by atoms with Gasteiger partial charge in [0.1, 0.15) is 0 Å². The van der Waals surface area contributed by atoms with Crippen LogP contribution in [0, 0.1) is 0 Å². The number of ether oxygens (including phenoxy) is 1. The third-order valence-corrected chi connectivity index (χ3v) is 5.00. The van der Waals surface area contributed by atoms with Crippen molar-refractivity contribution in [1.82, 2.24) is 3.33 Å². The van der Waals surface area contributed by atoms with Gasteiger partial charge in [-0.1, -0.05) is 6.92 Å². The second kappa shape index (κ2) is 5.88. The highest BCUT2D eigenvalue weighted by molar-refractivity contribution is 9.08. The van der Waals surface area contributed by atoms with Crippen molar-refractivity contribution in [3.63, 3.8) is 0 Å². The summed E-state index contributed by atoms with van der Waals surface area (Å²) < 4.78 is 123. The number of hydrogen-bond donors (Lipinski definition) is 0. The molecule has 0 rings (SSSR count). The van der Waals surface area contributed by atoms with Gasteiger partial charge in [-0.15, -0.1) is 3.33 Å². The lowest BCUT2D eigenvalue weighted by Gasteiger charge is -2.30. The van der Waals surface area contributed by atoms with Gasteiger partial charge in [0.05, 0.1) is 0 Å². The lowest BCUT2D eigenvalue weighted by molar-refractivity contribution is -0.435. The lowest BCUT2D eigenvalue weighted by atomic mass is 10.6. The van der Waals surface area contributed by atoms with Crippen molar-refractivity contribution in [1.29, 1.82) is 0 Å². The Bertz CT molecular complexity index is 441. The first-order valence-corrected chi connectivity index (χ1v) is 6.58. The molecular weight excluding hydrogens is 398 g/mol. The van der Waals surface area contributed by atoms with Gasteiger partial charge in [0.15, 0.2) is 0 Å². The average Bonchev–Trinajstić information content (AvgIpc) is 2.25. The second-order valence-corrected chi connectivity index (χ2v) is 6.34. The zero-order chi connectivity index (χ0) is 16.6. The van der Waals surface area contributed by atoms with Gasteiger partial charge in [-0.05, 0) is 0 Å². The summed E-state index contributed by atoms with van der Waals surface area (Å²) in [7, 11) is -6.18. The summed E-state index contributed by atoms with van der Waals surface area (Å²) in [6.07, 6.45) is -17.2. The van der Waals surface area contributed by atoms with E-state index in [2.05, 4.69) is 0 Å². The Hall–Kier alpha value is -0.210. The summed E-state index contributed by atoms with van der Waals surface area (Å²) >= 11 is 1.98. The minimum Gasteiger partial charge on any atom is -0.245 e. The van der Waals surface area contributed by atoms with Crippen molar-refractivity contribution in [3.05, 3.63) is 0 Å². The molecule has 0 aliphatic heterocycles. The van der Waals surface area contributed by atoms with Crippen LogP contribution in [0.15, 0.2) is 0 Å². The highest BCUT2D eigenvalue weighted by Crippen LogP contribution is 2.45. The molecular formula is C6H6BrF8NO3S. The number of rotatable bonds is 7. The first-order chi connectivity index (χ1) is 8.63. The van der Waals surface area contributed by atoms with Crippen molar-refractivity contribution >= 4 is 26.2 Å². The quantitative estimate of drug-likeness (QED) is 0.484. The van der Waals surface area contributed by atoms with E-state index in [1.807, 2.05) is 20.9 Å². The molecule has 0 aliphatic rings. The monoisotopic (exact) mass is 403 g/mol. The Balaban J connectivity index is 5.59. The fourth-order valence-electron chi connectivity index (χ4n) is 0.719. The van der Waals surface area contributed by atoms with Crippen LogP contribution < -0.4 is 0 Å². The largest absolute Gasteiger partial charge is 0.449 e. The van der Waals surface area contributed by atoms with Crippen LogP contribution in [0.25, 0.3) is 0 Å². The molecule has 0 radical (unpaired) electrons. The van der Waals surface area contributed by atoms with Crippen molar-refractivity contribution < 1.29 is 48.3 Å². The lowest BCUT2D eigenvalue weighted by Crippen LogP contribution is -2.55. The molecule has 0 unspecified atom stereocenters. The first-order valence-electron chi connectivity index (χ1n) is 4.43. The van der Waals surface area contributed by atoms with E-state index >= 15 is 0 Å². The van der Waals surface area contributed by atoms with Crippen LogP contribution in [0.3, 0.4) is 0 Å². The van der Waals surface area contributed by atoms with Gasteiger partial charge in [0.2, 0.25) is 0 Å². The molecule has 0 aliphatic carbocycles. The maximum Gasteiger partial charge on any atom is 0.449 e. The van der Waals surface area contributed by atoms with E-state index in [0.29, 0.717) is 0 Å². The maximum atomic E-state index is 13.1. The predicted molar refractivity (Wildman–Crippen MR) is 52.2 cm³/mol. The van der Waals surface area contributed by atoms with Crippen molar-refractivity contribution in [2.75, 3.05) is 6.54 Å². The summed E-state index contributed by atoms with van der Waals surface area (Å²) in [6, 6.07) is 0. The normalized spacial score (nSPS) is 15.2. The Morgan fingerprint density at radius 1 is 1.15 bits per heavy atom. The van der Waals surface area contributed by atoms with E-state index < -0.39 is 43.8 Å². The molecule has 0 spiro atoms. The summed E-state index contributed by atoms with van der Waals surface area (Å²) in [6.45, 7) is 0.161. The molecule has 122 valence electrons. The molecule has 14 heteroatoms. The zero-order valence-corrected chi connectivity index (χ0v) is 11.7. The summed E-state index contributed by atoms with van der Waals surface area (Å²) in [4.78, 5) is 0. The van der Waals surface area contributed by atoms with Gasteiger partial charge >= 0.3 is 23.9 Å². The van der Waals surface area contributed by atoms with E-state index in [4.69, 9.17) is 0 Å². The summed E-state index contributed by atoms with van der Waals surface area (Å²) in [5, 5.41) is -6.21. The minimum atomic E-state index is -6.40. The third-order valence-electron chi connectivity index (χ3n) is 1.69. The molecule has 0 fully saturated rings. The smallest absolute Gasteiger partial charge is 0.245 e. The highest BCUT2D eigenvalue weighted by Gasteiger charge is 2.72. The second-order valence-electron chi connectivity index (χ2n) is 3.11. The molecule has 20 heavy (non-hydrogen) atoms. The molecule has 4 nitrogen and oxygen atoms in total. The van der Waals surface area contributed by atoms with E-state index in [9.17, 15) is 43.5 Å². The van der Waals surface area contributed by atoms with Gasteiger partial charge in [-0.25, -0.2) is 21.9 Å². The molecule has 0 saturated heterocycles. The van der Waals surface area contributed by atoms with Crippen LogP contribution in [-0.4, -0.2) is 42.2 Å². The van der Waals surface area contributed by atoms with Crippen molar-refractivity contribution in [2.24, 2.45) is 0 Å². The molecule has 0 heterocycles. The standard InChI is InChI=1S/C6H6BrF8NO3S/c1-2-16(7)20(17,18)6(14,15)5(12,13)19-4(10,11)3(8)9/h3H,2H2,1H3. The number of halogens is 9. The molecule has 0 aromatic heterocycles. The van der Waals surface area contributed by atoms with Crippen LogP contribution in [0.5, 0.6) is 0 Å². The number of nitrogens with zero attached hydrogens (tertiary/aromatic N) is 1. The molecule has 0 amide bonds. The molecule has 0 saturated carbocycles. The molecule has 0 bridgehead atoms. The molecule has 0 atom stereocenters. The molecule has 0 aromatic rings. The van der Waals surface area contributed by atoms with Crippen molar-refractivity contribution in [2.45, 2.75) is 30.8 Å². The Kier molecular flexibility index (Phi) is 5.82. The highest BCUT2D eigenvalue weighted by atomic mass is 79.9. The predicted octanol–water partition coefficient (Wildman–Crippen LogP) is 3.01. The van der Waals surface area contributed by atoms with E-state index in [0.717, 1.165) is 6.92 Å². The van der Waals surface area contributed by atoms with Crippen LogP contribution >= 0.6 is 16.1 Å². The maximum absolute atomic E-state index is 13.1. The van der Waals surface area contributed by atoms with Crippen LogP contribution in [-0.2, 0) is 14.8 Å². The number of sulfonamides is 1. The molecule has 0 N–H and O–H groups in total. The van der Waals surface area contributed by atoms with Gasteiger partial charge in [0, 0.05) is 22.7 Å². The van der Waals surface area contributed by atoms with E-state index in [1.54, 1.807) is 0 Å². The van der Waals surface area contributed by atoms with Crippen LogP contribution in [0.4, 0.5) is 35.1 Å². The summed E-state index contributed by atoms with van der Waals surface area (Å²) in [5.41, 5.74) is 0. The topological polar surface area (TPSA) is 46.6 Å². The first kappa shape index (κ1) is 19.8. The SMILES string of the molecule is CCN(Br)S(=O)(=O)C(F)(F)C(F)(F)OC(F)(F)C(F)F. The Labute approximate surface area is 116 Å². The molecule has 0 aromatic carbocycles.